The molecule has 1 aliphatic heterocycles. The van der Waals surface area contributed by atoms with Gasteiger partial charge in [0.05, 0.1) is 6.04 Å². The molecule has 102 valence electrons. The molecule has 1 heterocycles. The molecule has 0 aromatic carbocycles. The highest BCUT2D eigenvalue weighted by Crippen LogP contribution is 2.38. The van der Waals surface area contributed by atoms with Crippen LogP contribution in [0.25, 0.3) is 0 Å². The van der Waals surface area contributed by atoms with Gasteiger partial charge < -0.3 is 15.3 Å². The lowest BCUT2D eigenvalue weighted by atomic mass is 9.93. The van der Waals surface area contributed by atoms with Crippen molar-refractivity contribution in [1.29, 1.82) is 0 Å². The van der Waals surface area contributed by atoms with Gasteiger partial charge in [-0.25, -0.2) is 0 Å². The van der Waals surface area contributed by atoms with E-state index < -0.39 is 5.97 Å². The summed E-state index contributed by atoms with van der Waals surface area (Å²) in [5, 5.41) is 12.2. The predicted octanol–water partition coefficient (Wildman–Crippen LogP) is 0.696. The molecule has 1 aliphatic carbocycles. The molecule has 18 heavy (non-hydrogen) atoms. The number of aliphatic carboxylic acids is 1. The van der Waals surface area contributed by atoms with E-state index in [-0.39, 0.29) is 24.5 Å². The van der Waals surface area contributed by atoms with Crippen molar-refractivity contribution in [3.05, 3.63) is 0 Å². The van der Waals surface area contributed by atoms with E-state index in [1.807, 2.05) is 13.8 Å². The maximum Gasteiger partial charge on any atom is 0.323 e. The summed E-state index contributed by atoms with van der Waals surface area (Å²) in [7, 11) is 0. The fourth-order valence-corrected chi connectivity index (χ4v) is 3.30. The van der Waals surface area contributed by atoms with Crippen LogP contribution >= 0.6 is 0 Å². The van der Waals surface area contributed by atoms with Crippen molar-refractivity contribution in [2.45, 2.75) is 45.2 Å². The van der Waals surface area contributed by atoms with Crippen LogP contribution in [0.2, 0.25) is 0 Å². The van der Waals surface area contributed by atoms with E-state index in [0.717, 1.165) is 13.0 Å². The van der Waals surface area contributed by atoms with Gasteiger partial charge in [-0.3, -0.25) is 9.59 Å². The summed E-state index contributed by atoms with van der Waals surface area (Å²) in [4.78, 5) is 24.8. The number of fused-ring (bicyclic) bond motifs is 1. The molecule has 0 aromatic heterocycles. The molecule has 1 saturated carbocycles. The standard InChI is InChI=1S/C13H22N2O3/c1-8(2)15(7-11(16)17)13(18)12-10-5-3-4-9(10)6-14-12/h8-10,12,14H,3-7H2,1-2H3,(H,16,17). The predicted molar refractivity (Wildman–Crippen MR) is 67.1 cm³/mol. The molecular formula is C13H22N2O3. The Balaban J connectivity index is 2.06. The molecule has 1 amide bonds. The molecule has 3 atom stereocenters. The number of carboxylic acid groups (broad SMARTS) is 1. The van der Waals surface area contributed by atoms with Crippen molar-refractivity contribution in [3.8, 4) is 0 Å². The van der Waals surface area contributed by atoms with Gasteiger partial charge in [0.25, 0.3) is 0 Å². The first-order chi connectivity index (χ1) is 8.50. The normalized spacial score (nSPS) is 30.5. The van der Waals surface area contributed by atoms with Gasteiger partial charge in [0.2, 0.25) is 5.91 Å². The second-order valence-corrected chi connectivity index (χ2v) is 5.69. The molecule has 0 spiro atoms. The van der Waals surface area contributed by atoms with Crippen molar-refractivity contribution < 1.29 is 14.7 Å². The number of hydrogen-bond donors (Lipinski definition) is 2. The summed E-state index contributed by atoms with van der Waals surface area (Å²) in [6.07, 6.45) is 3.48. The molecule has 3 unspecified atom stereocenters. The minimum absolute atomic E-state index is 0.0400. The van der Waals surface area contributed by atoms with Crippen LogP contribution in [0, 0.1) is 11.8 Å². The molecule has 5 heteroatoms. The van der Waals surface area contributed by atoms with Gasteiger partial charge in [-0.1, -0.05) is 6.42 Å². The van der Waals surface area contributed by atoms with E-state index in [9.17, 15) is 9.59 Å². The lowest BCUT2D eigenvalue weighted by Crippen LogP contribution is -2.50. The molecular weight excluding hydrogens is 232 g/mol. The van der Waals surface area contributed by atoms with Crippen molar-refractivity contribution in [2.75, 3.05) is 13.1 Å². The molecule has 2 fully saturated rings. The highest BCUT2D eigenvalue weighted by atomic mass is 16.4. The molecule has 2 N–H and O–H groups in total. The Kier molecular flexibility index (Phi) is 3.90. The third kappa shape index (κ3) is 2.51. The highest BCUT2D eigenvalue weighted by molar-refractivity contribution is 5.86. The highest BCUT2D eigenvalue weighted by Gasteiger charge is 2.44. The maximum atomic E-state index is 12.5. The average Bonchev–Trinajstić information content (AvgIpc) is 2.85. The Morgan fingerprint density at radius 2 is 2.11 bits per heavy atom. The van der Waals surface area contributed by atoms with Crippen LogP contribution in [-0.2, 0) is 9.59 Å². The van der Waals surface area contributed by atoms with Crippen LogP contribution in [0.15, 0.2) is 0 Å². The number of amides is 1. The van der Waals surface area contributed by atoms with Gasteiger partial charge >= 0.3 is 5.97 Å². The lowest BCUT2D eigenvalue weighted by molar-refractivity contribution is -0.147. The molecule has 0 aromatic rings. The van der Waals surface area contributed by atoms with Crippen molar-refractivity contribution in [1.82, 2.24) is 10.2 Å². The average molecular weight is 254 g/mol. The number of nitrogens with one attached hydrogen (secondary N) is 1. The Hall–Kier alpha value is -1.10. The Bertz CT molecular complexity index is 343. The topological polar surface area (TPSA) is 69.6 Å². The first kappa shape index (κ1) is 13.3. The van der Waals surface area contributed by atoms with Crippen molar-refractivity contribution in [3.63, 3.8) is 0 Å². The van der Waals surface area contributed by atoms with Crippen LogP contribution in [0.4, 0.5) is 0 Å². The molecule has 0 bridgehead atoms. The van der Waals surface area contributed by atoms with E-state index in [2.05, 4.69) is 5.32 Å². The fourth-order valence-electron chi connectivity index (χ4n) is 3.30. The summed E-state index contributed by atoms with van der Waals surface area (Å²) < 4.78 is 0. The van der Waals surface area contributed by atoms with Gasteiger partial charge in [-0.05, 0) is 45.1 Å². The van der Waals surface area contributed by atoms with E-state index in [4.69, 9.17) is 5.11 Å². The number of nitrogens with zero attached hydrogens (tertiary/aromatic N) is 1. The Morgan fingerprint density at radius 1 is 1.39 bits per heavy atom. The second-order valence-electron chi connectivity index (χ2n) is 5.69. The maximum absolute atomic E-state index is 12.5. The zero-order valence-electron chi connectivity index (χ0n) is 11.1. The summed E-state index contributed by atoms with van der Waals surface area (Å²) in [5.41, 5.74) is 0. The molecule has 2 rings (SSSR count). The van der Waals surface area contributed by atoms with Gasteiger partial charge in [0, 0.05) is 6.04 Å². The van der Waals surface area contributed by atoms with Gasteiger partial charge in [0.1, 0.15) is 6.54 Å². The van der Waals surface area contributed by atoms with Crippen LogP contribution < -0.4 is 5.32 Å². The zero-order chi connectivity index (χ0) is 13.3. The summed E-state index contributed by atoms with van der Waals surface area (Å²) in [5.74, 6) is 0.0326. The summed E-state index contributed by atoms with van der Waals surface area (Å²) in [6, 6.07) is -0.241. The van der Waals surface area contributed by atoms with E-state index in [0.29, 0.717) is 11.8 Å². The van der Waals surface area contributed by atoms with E-state index >= 15 is 0 Å². The van der Waals surface area contributed by atoms with Gasteiger partial charge in [-0.2, -0.15) is 0 Å². The fraction of sp³-hybridized carbons (Fsp3) is 0.846. The SMILES string of the molecule is CC(C)N(CC(=O)O)C(=O)C1NCC2CCCC21. The van der Waals surface area contributed by atoms with Crippen LogP contribution in [0.1, 0.15) is 33.1 Å². The molecule has 2 aliphatic rings. The molecule has 0 radical (unpaired) electrons. The first-order valence-electron chi connectivity index (χ1n) is 6.76. The van der Waals surface area contributed by atoms with Crippen molar-refractivity contribution >= 4 is 11.9 Å². The number of carbonyl (C=O) groups is 2. The molecule has 5 nitrogen and oxygen atoms in total. The second kappa shape index (κ2) is 5.26. The lowest BCUT2D eigenvalue weighted by Gasteiger charge is -2.29. The smallest absolute Gasteiger partial charge is 0.323 e. The van der Waals surface area contributed by atoms with E-state index in [1.54, 1.807) is 0 Å². The Morgan fingerprint density at radius 3 is 2.72 bits per heavy atom. The minimum Gasteiger partial charge on any atom is -0.480 e. The third-order valence-electron chi connectivity index (χ3n) is 4.22. The quantitative estimate of drug-likeness (QED) is 0.774. The van der Waals surface area contributed by atoms with E-state index in [1.165, 1.54) is 17.7 Å². The van der Waals surface area contributed by atoms with Gasteiger partial charge in [0.15, 0.2) is 0 Å². The zero-order valence-corrected chi connectivity index (χ0v) is 11.1. The van der Waals surface area contributed by atoms with Gasteiger partial charge in [-0.15, -0.1) is 0 Å². The number of carboxylic acids is 1. The number of hydrogen-bond acceptors (Lipinski definition) is 3. The first-order valence-corrected chi connectivity index (χ1v) is 6.76. The number of carbonyl (C=O) groups excluding carboxylic acids is 1. The Labute approximate surface area is 108 Å². The largest absolute Gasteiger partial charge is 0.480 e. The van der Waals surface area contributed by atoms with Crippen molar-refractivity contribution in [2.24, 2.45) is 11.8 Å². The summed E-state index contributed by atoms with van der Waals surface area (Å²) >= 11 is 0. The monoisotopic (exact) mass is 254 g/mol. The third-order valence-corrected chi connectivity index (χ3v) is 4.22. The van der Waals surface area contributed by atoms with Crippen LogP contribution in [0.3, 0.4) is 0 Å². The summed E-state index contributed by atoms with van der Waals surface area (Å²) in [6.45, 7) is 4.43. The van der Waals surface area contributed by atoms with Crippen LogP contribution in [0.5, 0.6) is 0 Å². The minimum atomic E-state index is -0.946. The molecule has 1 saturated heterocycles. The number of rotatable bonds is 4. The van der Waals surface area contributed by atoms with Crippen LogP contribution in [-0.4, -0.2) is 47.1 Å².